The number of fused-ring (bicyclic) bond motifs is 6. The highest BCUT2D eigenvalue weighted by atomic mass is 16.7. The van der Waals surface area contributed by atoms with Gasteiger partial charge in [-0.3, -0.25) is 9.59 Å². The Hall–Kier alpha value is -3.32. The van der Waals surface area contributed by atoms with Crippen molar-refractivity contribution in [1.82, 2.24) is 9.47 Å². The van der Waals surface area contributed by atoms with E-state index < -0.39 is 0 Å². The van der Waals surface area contributed by atoms with Crippen LogP contribution in [-0.4, -0.2) is 41.7 Å². The van der Waals surface area contributed by atoms with Crippen LogP contribution in [0.3, 0.4) is 0 Å². The van der Waals surface area contributed by atoms with E-state index in [4.69, 9.17) is 15.2 Å². The molecule has 2 aromatic carbocycles. The third kappa shape index (κ3) is 2.92. The fourth-order valence-electron chi connectivity index (χ4n) is 5.29. The number of benzene rings is 2. The van der Waals surface area contributed by atoms with Crippen molar-refractivity contribution in [3.05, 3.63) is 51.8 Å². The number of nitrogens with two attached hydrogens (primary N) is 1. The zero-order chi connectivity index (χ0) is 21.8. The molecule has 1 aliphatic carbocycles. The van der Waals surface area contributed by atoms with Gasteiger partial charge in [-0.2, -0.15) is 0 Å². The first-order valence-corrected chi connectivity index (χ1v) is 11.3. The van der Waals surface area contributed by atoms with E-state index in [0.717, 1.165) is 31.6 Å². The molecule has 0 radical (unpaired) electrons. The van der Waals surface area contributed by atoms with Crippen LogP contribution in [-0.2, 0) is 6.54 Å². The topological polar surface area (TPSA) is 86.8 Å². The molecule has 2 N–H and O–H groups in total. The lowest BCUT2D eigenvalue weighted by Crippen LogP contribution is -2.32. The SMILES string of the molecule is Nc1ccc2c3c(n(CCCN4CCCCC4)c(=O)c2c1)-c1cc2c(cc1C3=O)OCO2. The van der Waals surface area contributed by atoms with Crippen LogP contribution in [0.5, 0.6) is 11.5 Å². The average molecular weight is 431 g/mol. The van der Waals surface area contributed by atoms with Gasteiger partial charge < -0.3 is 24.7 Å². The van der Waals surface area contributed by atoms with Crippen molar-refractivity contribution in [2.75, 3.05) is 32.2 Å². The molecule has 164 valence electrons. The number of carbonyl (C=O) groups excluding carboxylic acids is 1. The zero-order valence-electron chi connectivity index (χ0n) is 17.9. The Labute approximate surface area is 185 Å². The molecule has 0 atom stereocenters. The van der Waals surface area contributed by atoms with Gasteiger partial charge in [-0.25, -0.2) is 0 Å². The highest BCUT2D eigenvalue weighted by Crippen LogP contribution is 2.45. The maximum absolute atomic E-state index is 13.6. The number of rotatable bonds is 4. The molecule has 0 bridgehead atoms. The first-order valence-electron chi connectivity index (χ1n) is 11.3. The number of piperidine rings is 1. The van der Waals surface area contributed by atoms with Crippen molar-refractivity contribution in [2.45, 2.75) is 32.2 Å². The monoisotopic (exact) mass is 431 g/mol. The number of carbonyl (C=O) groups is 1. The summed E-state index contributed by atoms with van der Waals surface area (Å²) in [7, 11) is 0. The number of hydrogen-bond donors (Lipinski definition) is 1. The Morgan fingerprint density at radius 1 is 0.875 bits per heavy atom. The summed E-state index contributed by atoms with van der Waals surface area (Å²) in [5, 5.41) is 1.14. The lowest BCUT2D eigenvalue weighted by atomic mass is 10.0. The van der Waals surface area contributed by atoms with Gasteiger partial charge in [0, 0.05) is 34.1 Å². The van der Waals surface area contributed by atoms with E-state index in [0.29, 0.717) is 51.3 Å². The van der Waals surface area contributed by atoms with Gasteiger partial charge in [0.25, 0.3) is 5.56 Å². The average Bonchev–Trinajstić information content (AvgIpc) is 3.38. The molecule has 7 nitrogen and oxygen atoms in total. The van der Waals surface area contributed by atoms with E-state index in [1.54, 1.807) is 28.8 Å². The van der Waals surface area contributed by atoms with Crippen LogP contribution < -0.4 is 20.8 Å². The Balaban J connectivity index is 1.50. The van der Waals surface area contributed by atoms with E-state index in [9.17, 15) is 9.59 Å². The number of ketones is 1. The third-order valence-corrected chi connectivity index (χ3v) is 6.84. The third-order valence-electron chi connectivity index (χ3n) is 6.84. The van der Waals surface area contributed by atoms with Crippen LogP contribution in [0.15, 0.2) is 35.1 Å². The predicted molar refractivity (Wildman–Crippen MR) is 123 cm³/mol. The Bertz CT molecular complexity index is 1320. The van der Waals surface area contributed by atoms with Crippen LogP contribution in [0.25, 0.3) is 22.0 Å². The van der Waals surface area contributed by atoms with Crippen LogP contribution in [0, 0.1) is 0 Å². The molecule has 7 heteroatoms. The first-order chi connectivity index (χ1) is 15.6. The van der Waals surface area contributed by atoms with Crippen LogP contribution in [0.1, 0.15) is 41.6 Å². The summed E-state index contributed by atoms with van der Waals surface area (Å²) >= 11 is 0. The van der Waals surface area contributed by atoms with Gasteiger partial charge in [0.15, 0.2) is 17.3 Å². The largest absolute Gasteiger partial charge is 0.454 e. The fraction of sp³-hybridized carbons (Fsp3) is 0.360. The summed E-state index contributed by atoms with van der Waals surface area (Å²) in [6, 6.07) is 8.79. The molecule has 0 saturated carbocycles. The van der Waals surface area contributed by atoms with E-state index in [-0.39, 0.29) is 18.1 Å². The summed E-state index contributed by atoms with van der Waals surface area (Å²) < 4.78 is 12.8. The van der Waals surface area contributed by atoms with Gasteiger partial charge in [0.2, 0.25) is 6.79 Å². The minimum Gasteiger partial charge on any atom is -0.454 e. The summed E-state index contributed by atoms with van der Waals surface area (Å²) in [5.74, 6) is 1.08. The maximum atomic E-state index is 13.6. The van der Waals surface area contributed by atoms with Gasteiger partial charge in [-0.1, -0.05) is 12.5 Å². The summed E-state index contributed by atoms with van der Waals surface area (Å²) in [6.45, 7) is 3.86. The standard InChI is InChI=1S/C25H25N3O4/c26-15-5-6-16-19(11-15)25(30)28(10-4-9-27-7-2-1-3-8-27)23-17-12-20-21(32-14-31-20)13-18(17)24(29)22(16)23/h5-6,11-13H,1-4,7-10,14,26H2. The predicted octanol–water partition coefficient (Wildman–Crippen LogP) is 3.40. The summed E-state index contributed by atoms with van der Waals surface area (Å²) in [5.41, 5.74) is 8.94. The van der Waals surface area contributed by atoms with Crippen molar-refractivity contribution in [3.8, 4) is 22.8 Å². The summed E-state index contributed by atoms with van der Waals surface area (Å²) in [6.07, 6.45) is 4.61. The molecular weight excluding hydrogens is 406 g/mol. The van der Waals surface area contributed by atoms with Crippen molar-refractivity contribution >= 4 is 22.2 Å². The number of likely N-dealkylation sites (tertiary alicyclic amines) is 1. The Morgan fingerprint density at radius 3 is 2.41 bits per heavy atom. The van der Waals surface area contributed by atoms with E-state index in [1.165, 1.54) is 19.3 Å². The molecule has 6 rings (SSSR count). The number of aromatic nitrogens is 1. The van der Waals surface area contributed by atoms with E-state index >= 15 is 0 Å². The molecule has 1 fully saturated rings. The molecule has 0 unspecified atom stereocenters. The molecular formula is C25H25N3O4. The maximum Gasteiger partial charge on any atom is 0.259 e. The minimum atomic E-state index is -0.108. The number of nitrogen functional groups attached to an aromatic ring is 1. The molecule has 1 saturated heterocycles. The molecule has 1 aromatic heterocycles. The van der Waals surface area contributed by atoms with Gasteiger partial charge in [0.05, 0.1) is 11.3 Å². The normalized spacial score (nSPS) is 17.1. The number of ether oxygens (including phenoxy) is 2. The van der Waals surface area contributed by atoms with Crippen molar-refractivity contribution < 1.29 is 14.3 Å². The quantitative estimate of drug-likeness (QED) is 0.499. The highest BCUT2D eigenvalue weighted by molar-refractivity contribution is 6.27. The number of hydrogen-bond acceptors (Lipinski definition) is 6. The van der Waals surface area contributed by atoms with Crippen molar-refractivity contribution in [3.63, 3.8) is 0 Å². The molecule has 2 aliphatic heterocycles. The zero-order valence-corrected chi connectivity index (χ0v) is 17.9. The second-order valence-corrected chi connectivity index (χ2v) is 8.82. The number of anilines is 1. The molecule has 32 heavy (non-hydrogen) atoms. The Kier molecular flexibility index (Phi) is 4.47. The fourth-order valence-corrected chi connectivity index (χ4v) is 5.29. The molecule has 0 spiro atoms. The van der Waals surface area contributed by atoms with Gasteiger partial charge in [-0.15, -0.1) is 0 Å². The Morgan fingerprint density at radius 2 is 1.62 bits per heavy atom. The molecule has 3 aromatic rings. The second kappa shape index (κ2) is 7.38. The van der Waals surface area contributed by atoms with Crippen molar-refractivity contribution in [2.24, 2.45) is 0 Å². The number of nitrogens with zero attached hydrogens (tertiary/aromatic N) is 2. The van der Waals surface area contributed by atoms with E-state index in [2.05, 4.69) is 4.90 Å². The van der Waals surface area contributed by atoms with Gasteiger partial charge in [0.1, 0.15) is 0 Å². The van der Waals surface area contributed by atoms with E-state index in [1.807, 2.05) is 6.07 Å². The molecule has 3 heterocycles. The highest BCUT2D eigenvalue weighted by Gasteiger charge is 2.35. The number of pyridine rings is 1. The van der Waals surface area contributed by atoms with Gasteiger partial charge in [-0.05, 0) is 63.2 Å². The van der Waals surface area contributed by atoms with Crippen LogP contribution in [0.4, 0.5) is 5.69 Å². The molecule has 3 aliphatic rings. The molecule has 0 amide bonds. The lowest BCUT2D eigenvalue weighted by molar-refractivity contribution is 0.104. The second-order valence-electron chi connectivity index (χ2n) is 8.82. The van der Waals surface area contributed by atoms with Crippen molar-refractivity contribution in [1.29, 1.82) is 0 Å². The lowest BCUT2D eigenvalue weighted by Gasteiger charge is -2.26. The minimum absolute atomic E-state index is 0.0900. The van der Waals surface area contributed by atoms with Crippen LogP contribution in [0.2, 0.25) is 0 Å². The smallest absolute Gasteiger partial charge is 0.259 e. The first kappa shape index (κ1) is 19.4. The van der Waals surface area contributed by atoms with Gasteiger partial charge >= 0.3 is 0 Å². The van der Waals surface area contributed by atoms with Crippen LogP contribution >= 0.6 is 0 Å². The summed E-state index contributed by atoms with van der Waals surface area (Å²) in [4.78, 5) is 29.6.